The Kier molecular flexibility index (Phi) is 5.37. The molecule has 1 atom stereocenters. The van der Waals surface area contributed by atoms with Crippen LogP contribution in [0.25, 0.3) is 0 Å². The van der Waals surface area contributed by atoms with Crippen molar-refractivity contribution in [2.24, 2.45) is 0 Å². The van der Waals surface area contributed by atoms with Crippen LogP contribution in [0.2, 0.25) is 0 Å². The van der Waals surface area contributed by atoms with Crippen molar-refractivity contribution in [1.29, 1.82) is 0 Å². The molecule has 0 spiro atoms. The van der Waals surface area contributed by atoms with Crippen molar-refractivity contribution in [2.45, 2.75) is 38.3 Å². The minimum Gasteiger partial charge on any atom is -0.493 e. The highest BCUT2D eigenvalue weighted by molar-refractivity contribution is 5.46. The maximum atomic E-state index is 5.92. The topological polar surface area (TPSA) is 69.2 Å². The van der Waals surface area contributed by atoms with Crippen molar-refractivity contribution >= 4 is 5.82 Å². The molecule has 1 unspecified atom stereocenters. The number of aromatic nitrogens is 3. The van der Waals surface area contributed by atoms with Crippen LogP contribution in [0, 0.1) is 0 Å². The highest BCUT2D eigenvalue weighted by Gasteiger charge is 2.26. The molecule has 0 radical (unpaired) electrons. The molecule has 6 nitrogen and oxygen atoms in total. The van der Waals surface area contributed by atoms with E-state index in [0.29, 0.717) is 24.0 Å². The third-order valence-electron chi connectivity index (χ3n) is 4.81. The molecule has 28 heavy (non-hydrogen) atoms. The van der Waals surface area contributed by atoms with E-state index >= 15 is 0 Å². The lowest BCUT2D eigenvalue weighted by atomic mass is 10.1. The van der Waals surface area contributed by atoms with Gasteiger partial charge in [0.2, 0.25) is 0 Å². The summed E-state index contributed by atoms with van der Waals surface area (Å²) in [6.45, 7) is 2.57. The lowest BCUT2D eigenvalue weighted by Crippen LogP contribution is -2.09. The summed E-state index contributed by atoms with van der Waals surface area (Å²) in [7, 11) is 1.66. The number of ether oxygens (including phenoxy) is 2. The first-order valence-corrected chi connectivity index (χ1v) is 9.52. The van der Waals surface area contributed by atoms with E-state index in [1.807, 2.05) is 42.6 Å². The van der Waals surface area contributed by atoms with Gasteiger partial charge in [0, 0.05) is 24.5 Å². The van der Waals surface area contributed by atoms with Crippen LogP contribution in [0.4, 0.5) is 5.82 Å². The van der Waals surface area contributed by atoms with E-state index in [2.05, 4.69) is 27.2 Å². The second-order valence-electron chi connectivity index (χ2n) is 6.99. The summed E-state index contributed by atoms with van der Waals surface area (Å²) in [6, 6.07) is 11.8. The summed E-state index contributed by atoms with van der Waals surface area (Å²) < 4.78 is 11.5. The SMILES string of the molecule is COc1cc(C(C)Nc2ccnc(C3CC3)n2)ccc1OCc1ccncc1. The highest BCUT2D eigenvalue weighted by atomic mass is 16.5. The Hall–Kier alpha value is -3.15. The van der Waals surface area contributed by atoms with Gasteiger partial charge < -0.3 is 14.8 Å². The predicted octanol–water partition coefficient (Wildman–Crippen LogP) is 4.51. The minimum atomic E-state index is 0.0742. The first-order valence-electron chi connectivity index (χ1n) is 9.52. The molecule has 6 heteroatoms. The monoisotopic (exact) mass is 376 g/mol. The lowest BCUT2D eigenvalue weighted by Gasteiger charge is -2.18. The van der Waals surface area contributed by atoms with Gasteiger partial charge in [-0.3, -0.25) is 4.98 Å². The molecule has 1 N–H and O–H groups in total. The molecule has 1 aliphatic carbocycles. The Morgan fingerprint density at radius 1 is 1.07 bits per heavy atom. The molecule has 1 fully saturated rings. The van der Waals surface area contributed by atoms with Crippen LogP contribution < -0.4 is 14.8 Å². The third kappa shape index (κ3) is 4.39. The fourth-order valence-corrected chi connectivity index (χ4v) is 3.01. The molecule has 0 amide bonds. The average Bonchev–Trinajstić information content (AvgIpc) is 3.58. The molecule has 2 heterocycles. The van der Waals surface area contributed by atoms with E-state index in [9.17, 15) is 0 Å². The zero-order valence-electron chi connectivity index (χ0n) is 16.1. The third-order valence-corrected chi connectivity index (χ3v) is 4.81. The molecule has 3 aromatic rings. The Bertz CT molecular complexity index is 929. The van der Waals surface area contributed by atoms with Gasteiger partial charge in [0.25, 0.3) is 0 Å². The molecule has 0 saturated heterocycles. The minimum absolute atomic E-state index is 0.0742. The summed E-state index contributed by atoms with van der Waals surface area (Å²) in [5, 5.41) is 3.46. The van der Waals surface area contributed by atoms with Gasteiger partial charge in [-0.25, -0.2) is 9.97 Å². The quantitative estimate of drug-likeness (QED) is 0.624. The van der Waals surface area contributed by atoms with Gasteiger partial charge in [-0.1, -0.05) is 6.07 Å². The van der Waals surface area contributed by atoms with Crippen LogP contribution in [0.3, 0.4) is 0 Å². The van der Waals surface area contributed by atoms with Gasteiger partial charge in [0.1, 0.15) is 18.2 Å². The maximum absolute atomic E-state index is 5.92. The normalized spacial score (nSPS) is 14.4. The van der Waals surface area contributed by atoms with Gasteiger partial charge >= 0.3 is 0 Å². The van der Waals surface area contributed by atoms with Crippen LogP contribution in [0.1, 0.15) is 48.7 Å². The van der Waals surface area contributed by atoms with Gasteiger partial charge in [-0.15, -0.1) is 0 Å². The number of nitrogens with one attached hydrogen (secondary N) is 1. The van der Waals surface area contributed by atoms with E-state index in [0.717, 1.165) is 22.8 Å². The predicted molar refractivity (Wildman–Crippen MR) is 108 cm³/mol. The van der Waals surface area contributed by atoms with Crippen molar-refractivity contribution in [2.75, 3.05) is 12.4 Å². The number of methoxy groups -OCH3 is 1. The fraction of sp³-hybridized carbons (Fsp3) is 0.318. The number of benzene rings is 1. The second-order valence-corrected chi connectivity index (χ2v) is 6.99. The average molecular weight is 376 g/mol. The lowest BCUT2D eigenvalue weighted by molar-refractivity contribution is 0.284. The first-order chi connectivity index (χ1) is 13.7. The van der Waals surface area contributed by atoms with Crippen LogP contribution in [-0.4, -0.2) is 22.1 Å². The van der Waals surface area contributed by atoms with Crippen molar-refractivity contribution in [3.63, 3.8) is 0 Å². The molecule has 1 aromatic carbocycles. The Morgan fingerprint density at radius 2 is 1.89 bits per heavy atom. The standard InChI is InChI=1S/C22H24N4O2/c1-15(25-21-9-12-24-22(26-21)17-3-4-17)18-5-6-19(20(13-18)27-2)28-14-16-7-10-23-11-8-16/h5-13,15,17H,3-4,14H2,1-2H3,(H,24,25,26). The van der Waals surface area contributed by atoms with Crippen LogP contribution in [0.5, 0.6) is 11.5 Å². The number of nitrogens with zero attached hydrogens (tertiary/aromatic N) is 3. The maximum Gasteiger partial charge on any atom is 0.161 e. The van der Waals surface area contributed by atoms with Gasteiger partial charge in [-0.05, 0) is 61.2 Å². The Morgan fingerprint density at radius 3 is 2.64 bits per heavy atom. The second kappa shape index (κ2) is 8.25. The largest absolute Gasteiger partial charge is 0.493 e. The molecule has 0 aliphatic heterocycles. The number of rotatable bonds is 8. The van der Waals surface area contributed by atoms with Crippen molar-refractivity contribution < 1.29 is 9.47 Å². The molecular formula is C22H24N4O2. The van der Waals surface area contributed by atoms with E-state index in [1.54, 1.807) is 19.5 Å². The van der Waals surface area contributed by atoms with Gasteiger partial charge in [-0.2, -0.15) is 0 Å². The highest BCUT2D eigenvalue weighted by Crippen LogP contribution is 2.38. The molecule has 1 aliphatic rings. The zero-order chi connectivity index (χ0) is 19.3. The molecular weight excluding hydrogens is 352 g/mol. The summed E-state index contributed by atoms with van der Waals surface area (Å²) in [5.41, 5.74) is 2.16. The number of hydrogen-bond donors (Lipinski definition) is 1. The van der Waals surface area contributed by atoms with Crippen molar-refractivity contribution in [1.82, 2.24) is 15.0 Å². The molecule has 144 valence electrons. The van der Waals surface area contributed by atoms with Crippen LogP contribution in [0.15, 0.2) is 55.0 Å². The van der Waals surface area contributed by atoms with E-state index in [4.69, 9.17) is 9.47 Å². The van der Waals surface area contributed by atoms with Crippen LogP contribution in [-0.2, 0) is 6.61 Å². The van der Waals surface area contributed by atoms with Crippen LogP contribution >= 0.6 is 0 Å². The summed E-state index contributed by atoms with van der Waals surface area (Å²) in [4.78, 5) is 13.0. The van der Waals surface area contributed by atoms with Gasteiger partial charge in [0.05, 0.1) is 13.2 Å². The van der Waals surface area contributed by atoms with E-state index < -0.39 is 0 Å². The molecule has 2 aromatic heterocycles. The van der Waals surface area contributed by atoms with Crippen molar-refractivity contribution in [3.8, 4) is 11.5 Å². The Labute approximate surface area is 165 Å². The summed E-state index contributed by atoms with van der Waals surface area (Å²) in [5.74, 6) is 3.75. The fourth-order valence-electron chi connectivity index (χ4n) is 3.01. The van der Waals surface area contributed by atoms with Crippen molar-refractivity contribution in [3.05, 3.63) is 71.9 Å². The number of hydrogen-bond acceptors (Lipinski definition) is 6. The van der Waals surface area contributed by atoms with Gasteiger partial charge in [0.15, 0.2) is 11.5 Å². The van der Waals surface area contributed by atoms with E-state index in [1.165, 1.54) is 12.8 Å². The zero-order valence-corrected chi connectivity index (χ0v) is 16.1. The Balaban J connectivity index is 1.44. The number of pyridine rings is 1. The smallest absolute Gasteiger partial charge is 0.161 e. The summed E-state index contributed by atoms with van der Waals surface area (Å²) >= 11 is 0. The number of anilines is 1. The molecule has 1 saturated carbocycles. The molecule has 0 bridgehead atoms. The van der Waals surface area contributed by atoms with E-state index in [-0.39, 0.29) is 6.04 Å². The summed E-state index contributed by atoms with van der Waals surface area (Å²) in [6.07, 6.45) is 7.73. The first kappa shape index (κ1) is 18.2. The molecule has 4 rings (SSSR count).